The Bertz CT molecular complexity index is 393. The summed E-state index contributed by atoms with van der Waals surface area (Å²) < 4.78 is 0. The van der Waals surface area contributed by atoms with Crippen molar-refractivity contribution in [1.29, 1.82) is 0 Å². The molecule has 1 N–H and O–H groups in total. The number of carbonyl (C=O) groups excluding carboxylic acids is 1. The number of alkyl halides is 1. The summed E-state index contributed by atoms with van der Waals surface area (Å²) in [6, 6.07) is 3.51. The van der Waals surface area contributed by atoms with Crippen LogP contribution in [0.25, 0.3) is 0 Å². The lowest BCUT2D eigenvalue weighted by molar-refractivity contribution is -0.115. The predicted octanol–water partition coefficient (Wildman–Crippen LogP) is 4.02. The molecule has 0 radical (unpaired) electrons. The molecular weight excluding hydrogens is 301 g/mol. The summed E-state index contributed by atoms with van der Waals surface area (Å²) in [5, 5.41) is 3.58. The number of hydrogen-bond acceptors (Lipinski definition) is 1. The quantitative estimate of drug-likeness (QED) is 0.821. The van der Waals surface area contributed by atoms with E-state index in [1.54, 1.807) is 19.1 Å². The maximum atomic E-state index is 11.5. The Morgan fingerprint density at radius 1 is 1.47 bits per heavy atom. The van der Waals surface area contributed by atoms with E-state index >= 15 is 0 Å². The molecule has 0 aromatic heterocycles. The topological polar surface area (TPSA) is 29.1 Å². The molecule has 1 unspecified atom stereocenters. The number of aryl methyl sites for hydroxylation is 1. The summed E-state index contributed by atoms with van der Waals surface area (Å²) in [4.78, 5) is 11.2. The zero-order valence-electron chi connectivity index (χ0n) is 8.27. The fraction of sp³-hybridized carbons (Fsp3) is 0.300. The Morgan fingerprint density at radius 3 is 2.60 bits per heavy atom. The predicted molar refractivity (Wildman–Crippen MR) is 68.2 cm³/mol. The van der Waals surface area contributed by atoms with E-state index in [9.17, 15) is 4.79 Å². The first kappa shape index (κ1) is 12.8. The van der Waals surface area contributed by atoms with Crippen molar-refractivity contribution in [2.45, 2.75) is 18.7 Å². The van der Waals surface area contributed by atoms with Crippen LogP contribution in [-0.2, 0) is 4.79 Å². The van der Waals surface area contributed by atoms with Gasteiger partial charge in [0, 0.05) is 0 Å². The molecule has 0 aliphatic heterocycles. The molecule has 1 aromatic rings. The van der Waals surface area contributed by atoms with Gasteiger partial charge in [0.25, 0.3) is 0 Å². The van der Waals surface area contributed by atoms with E-state index in [4.69, 9.17) is 23.2 Å². The first-order valence-electron chi connectivity index (χ1n) is 4.33. The van der Waals surface area contributed by atoms with Crippen molar-refractivity contribution in [3.8, 4) is 0 Å². The zero-order valence-corrected chi connectivity index (χ0v) is 11.4. The molecule has 0 spiro atoms. The van der Waals surface area contributed by atoms with Gasteiger partial charge in [-0.1, -0.05) is 45.2 Å². The van der Waals surface area contributed by atoms with Crippen LogP contribution < -0.4 is 5.32 Å². The smallest absolute Gasteiger partial charge is 0.237 e. The molecule has 0 fully saturated rings. The molecule has 1 atom stereocenters. The van der Waals surface area contributed by atoms with Gasteiger partial charge in [-0.3, -0.25) is 4.79 Å². The minimum Gasteiger partial charge on any atom is -0.323 e. The van der Waals surface area contributed by atoms with Gasteiger partial charge in [-0.2, -0.15) is 0 Å². The molecule has 0 bridgehead atoms. The van der Waals surface area contributed by atoms with Crippen molar-refractivity contribution in [1.82, 2.24) is 0 Å². The van der Waals surface area contributed by atoms with Gasteiger partial charge in [-0.15, -0.1) is 0 Å². The van der Waals surface area contributed by atoms with Gasteiger partial charge in [0.2, 0.25) is 5.91 Å². The van der Waals surface area contributed by atoms with E-state index in [0.717, 1.165) is 5.56 Å². The summed E-state index contributed by atoms with van der Waals surface area (Å²) >= 11 is 15.1. The lowest BCUT2D eigenvalue weighted by atomic mass is 10.2. The standard InChI is InChI=1S/C10H10BrCl2NO/c1-5-3-4-7(12)9(8(5)13)14-10(15)6(2)11/h3-4,6H,1-2H3,(H,14,15). The molecule has 5 heteroatoms. The lowest BCUT2D eigenvalue weighted by Crippen LogP contribution is -2.20. The summed E-state index contributed by atoms with van der Waals surface area (Å²) in [6.07, 6.45) is 0. The van der Waals surface area contributed by atoms with Crippen LogP contribution in [0.15, 0.2) is 12.1 Å². The van der Waals surface area contributed by atoms with E-state index < -0.39 is 0 Å². The Labute approximate surface area is 107 Å². The minimum absolute atomic E-state index is 0.176. The lowest BCUT2D eigenvalue weighted by Gasteiger charge is -2.11. The van der Waals surface area contributed by atoms with E-state index in [2.05, 4.69) is 21.2 Å². The number of nitrogens with one attached hydrogen (secondary N) is 1. The van der Waals surface area contributed by atoms with Crippen molar-refractivity contribution in [2.75, 3.05) is 5.32 Å². The third kappa shape index (κ3) is 3.10. The van der Waals surface area contributed by atoms with Gasteiger partial charge >= 0.3 is 0 Å². The molecule has 1 amide bonds. The maximum absolute atomic E-state index is 11.5. The second-order valence-electron chi connectivity index (χ2n) is 3.16. The van der Waals surface area contributed by atoms with Crippen molar-refractivity contribution in [3.05, 3.63) is 27.7 Å². The van der Waals surface area contributed by atoms with Crippen molar-refractivity contribution in [3.63, 3.8) is 0 Å². The van der Waals surface area contributed by atoms with Crippen molar-refractivity contribution >= 4 is 50.7 Å². The van der Waals surface area contributed by atoms with Gasteiger partial charge in [0.1, 0.15) is 0 Å². The van der Waals surface area contributed by atoms with Crippen LogP contribution >= 0.6 is 39.1 Å². The number of hydrogen-bond donors (Lipinski definition) is 1. The van der Waals surface area contributed by atoms with Gasteiger partial charge in [-0.05, 0) is 25.5 Å². The molecular formula is C10H10BrCl2NO. The Morgan fingerprint density at radius 2 is 2.07 bits per heavy atom. The molecule has 1 aromatic carbocycles. The number of amides is 1. The molecule has 0 aliphatic rings. The summed E-state index contributed by atoms with van der Waals surface area (Å²) in [6.45, 7) is 3.58. The van der Waals surface area contributed by atoms with Crippen LogP contribution in [0.5, 0.6) is 0 Å². The van der Waals surface area contributed by atoms with Crippen LogP contribution in [0, 0.1) is 6.92 Å². The monoisotopic (exact) mass is 309 g/mol. The van der Waals surface area contributed by atoms with Crippen LogP contribution in [0.3, 0.4) is 0 Å². The van der Waals surface area contributed by atoms with Gasteiger partial charge in [0.05, 0.1) is 20.6 Å². The molecule has 82 valence electrons. The Balaban J connectivity index is 3.04. The van der Waals surface area contributed by atoms with Gasteiger partial charge in [0.15, 0.2) is 0 Å². The van der Waals surface area contributed by atoms with Crippen LogP contribution in [0.1, 0.15) is 12.5 Å². The van der Waals surface area contributed by atoms with Crippen LogP contribution in [-0.4, -0.2) is 10.7 Å². The fourth-order valence-electron chi connectivity index (χ4n) is 0.994. The Kier molecular flexibility index (Phi) is 4.44. The first-order valence-corrected chi connectivity index (χ1v) is 6.00. The fourth-order valence-corrected chi connectivity index (χ4v) is 1.57. The molecule has 0 saturated carbocycles. The number of rotatable bonds is 2. The third-order valence-electron chi connectivity index (χ3n) is 1.89. The van der Waals surface area contributed by atoms with E-state index in [1.165, 1.54) is 0 Å². The summed E-state index contributed by atoms with van der Waals surface area (Å²) in [7, 11) is 0. The normalized spacial score (nSPS) is 12.3. The van der Waals surface area contributed by atoms with E-state index in [0.29, 0.717) is 15.7 Å². The van der Waals surface area contributed by atoms with Crippen LogP contribution in [0.2, 0.25) is 10.0 Å². The number of anilines is 1. The largest absolute Gasteiger partial charge is 0.323 e. The molecule has 15 heavy (non-hydrogen) atoms. The molecule has 0 saturated heterocycles. The second kappa shape index (κ2) is 5.19. The number of carbonyl (C=O) groups is 1. The average Bonchev–Trinajstić information content (AvgIpc) is 2.18. The van der Waals surface area contributed by atoms with E-state index in [1.807, 2.05) is 6.92 Å². The average molecular weight is 311 g/mol. The highest BCUT2D eigenvalue weighted by molar-refractivity contribution is 9.10. The highest BCUT2D eigenvalue weighted by atomic mass is 79.9. The van der Waals surface area contributed by atoms with Gasteiger partial charge < -0.3 is 5.32 Å². The highest BCUT2D eigenvalue weighted by Gasteiger charge is 2.14. The Hall–Kier alpha value is -0.250. The van der Waals surface area contributed by atoms with Crippen molar-refractivity contribution < 1.29 is 4.79 Å². The molecule has 1 rings (SSSR count). The van der Waals surface area contributed by atoms with Gasteiger partial charge in [-0.25, -0.2) is 0 Å². The minimum atomic E-state index is -0.287. The molecule has 0 aliphatic carbocycles. The van der Waals surface area contributed by atoms with Crippen molar-refractivity contribution in [2.24, 2.45) is 0 Å². The first-order chi connectivity index (χ1) is 6.93. The zero-order chi connectivity index (χ0) is 11.6. The molecule has 0 heterocycles. The molecule has 2 nitrogen and oxygen atoms in total. The number of halogens is 3. The second-order valence-corrected chi connectivity index (χ2v) is 5.32. The third-order valence-corrected chi connectivity index (χ3v) is 3.11. The SMILES string of the molecule is Cc1ccc(Cl)c(NC(=O)C(C)Br)c1Cl. The van der Waals surface area contributed by atoms with Crippen LogP contribution in [0.4, 0.5) is 5.69 Å². The highest BCUT2D eigenvalue weighted by Crippen LogP contribution is 2.33. The summed E-state index contributed by atoms with van der Waals surface area (Å²) in [5.41, 5.74) is 1.34. The van der Waals surface area contributed by atoms with E-state index in [-0.39, 0.29) is 10.7 Å². The number of benzene rings is 1. The maximum Gasteiger partial charge on any atom is 0.237 e. The summed E-state index contributed by atoms with van der Waals surface area (Å²) in [5.74, 6) is -0.176.